The molecule has 0 fully saturated rings. The van der Waals surface area contributed by atoms with Gasteiger partial charge in [0.15, 0.2) is 0 Å². The summed E-state index contributed by atoms with van der Waals surface area (Å²) in [5.41, 5.74) is 2.38. The molecule has 0 amide bonds. The number of carbonyl (C=O) groups is 2. The van der Waals surface area contributed by atoms with E-state index in [1.54, 1.807) is 30.0 Å². The van der Waals surface area contributed by atoms with Gasteiger partial charge < -0.3 is 19.8 Å². The first-order chi connectivity index (χ1) is 16.3. The Bertz CT molecular complexity index is 1040. The fourth-order valence-corrected chi connectivity index (χ4v) is 4.48. The Morgan fingerprint density at radius 3 is 2.56 bits per heavy atom. The topological polar surface area (TPSA) is 105 Å². The van der Waals surface area contributed by atoms with Crippen LogP contribution in [0.5, 0.6) is 11.5 Å². The molecule has 9 heteroatoms. The van der Waals surface area contributed by atoms with E-state index in [4.69, 9.17) is 26.3 Å². The van der Waals surface area contributed by atoms with Crippen molar-refractivity contribution in [1.29, 1.82) is 0 Å². The lowest BCUT2D eigenvalue weighted by Crippen LogP contribution is -2.07. The number of phenolic OH excluding ortho intramolecular Hbond substituents is 1. The van der Waals surface area contributed by atoms with E-state index in [0.29, 0.717) is 52.6 Å². The van der Waals surface area contributed by atoms with Crippen LogP contribution in [0.2, 0.25) is 5.02 Å². The lowest BCUT2D eigenvalue weighted by molar-refractivity contribution is -0.141. The maximum atomic E-state index is 11.1. The number of hydrogen-bond donors (Lipinski definition) is 2. The lowest BCUT2D eigenvalue weighted by atomic mass is 9.99. The highest BCUT2D eigenvalue weighted by Crippen LogP contribution is 2.34. The molecule has 34 heavy (non-hydrogen) atoms. The summed E-state index contributed by atoms with van der Waals surface area (Å²) in [6.07, 6.45) is 2.64. The average Bonchev–Trinajstić information content (AvgIpc) is 2.78. The molecule has 0 aliphatic carbocycles. The van der Waals surface area contributed by atoms with Crippen LogP contribution < -0.4 is 4.74 Å². The minimum Gasteiger partial charge on any atom is -0.507 e. The fraction of sp³-hybridized carbons (Fsp3) is 0.400. The average molecular weight is 508 g/mol. The van der Waals surface area contributed by atoms with Gasteiger partial charge in [-0.15, -0.1) is 11.8 Å². The third kappa shape index (κ3) is 8.25. The van der Waals surface area contributed by atoms with Crippen molar-refractivity contribution in [3.05, 3.63) is 52.0 Å². The Morgan fingerprint density at radius 1 is 1.18 bits per heavy atom. The highest BCUT2D eigenvalue weighted by molar-refractivity contribution is 7.99. The van der Waals surface area contributed by atoms with Gasteiger partial charge in [-0.25, -0.2) is 4.79 Å². The van der Waals surface area contributed by atoms with Crippen molar-refractivity contribution in [2.75, 3.05) is 12.4 Å². The van der Waals surface area contributed by atoms with E-state index in [1.807, 2.05) is 26.0 Å². The number of nitrogens with zero attached hydrogens (tertiary/aromatic N) is 1. The van der Waals surface area contributed by atoms with E-state index in [9.17, 15) is 14.7 Å². The third-order valence-corrected chi connectivity index (χ3v) is 6.41. The second-order valence-corrected chi connectivity index (χ2v) is 9.09. The highest BCUT2D eigenvalue weighted by atomic mass is 35.5. The SMILES string of the molecule is CCCc1c(OCCCSc2ccc(CC(=O)O)cc2Cl)ccc(C(CC)=NOC(C)=O)c1O. The summed E-state index contributed by atoms with van der Waals surface area (Å²) in [5, 5.41) is 24.2. The molecule has 0 aromatic heterocycles. The highest BCUT2D eigenvalue weighted by Gasteiger charge is 2.17. The maximum absolute atomic E-state index is 11.1. The first-order valence-electron chi connectivity index (χ1n) is 11.1. The molecule has 0 radical (unpaired) electrons. The number of phenols is 1. The molecule has 0 aliphatic heterocycles. The maximum Gasteiger partial charge on any atom is 0.331 e. The molecule has 7 nitrogen and oxygen atoms in total. The molecular weight excluding hydrogens is 478 g/mol. The van der Waals surface area contributed by atoms with E-state index in [1.165, 1.54) is 6.92 Å². The van der Waals surface area contributed by atoms with Crippen molar-refractivity contribution < 1.29 is 29.4 Å². The van der Waals surface area contributed by atoms with Crippen LogP contribution in [0.4, 0.5) is 0 Å². The van der Waals surface area contributed by atoms with Gasteiger partial charge in [0.2, 0.25) is 0 Å². The van der Waals surface area contributed by atoms with Crippen LogP contribution in [0.3, 0.4) is 0 Å². The zero-order valence-corrected chi connectivity index (χ0v) is 21.2. The molecule has 184 valence electrons. The Morgan fingerprint density at radius 2 is 1.94 bits per heavy atom. The number of aliphatic carboxylic acids is 1. The predicted molar refractivity (Wildman–Crippen MR) is 134 cm³/mol. The molecule has 2 aromatic rings. The van der Waals surface area contributed by atoms with Gasteiger partial charge in [0.05, 0.1) is 23.8 Å². The van der Waals surface area contributed by atoms with E-state index < -0.39 is 11.9 Å². The molecule has 2 N–H and O–H groups in total. The van der Waals surface area contributed by atoms with Gasteiger partial charge in [0.25, 0.3) is 0 Å². The summed E-state index contributed by atoms with van der Waals surface area (Å²) < 4.78 is 5.97. The largest absolute Gasteiger partial charge is 0.507 e. The first-order valence-corrected chi connectivity index (χ1v) is 12.5. The number of carbonyl (C=O) groups excluding carboxylic acids is 1. The third-order valence-electron chi connectivity index (χ3n) is 4.83. The van der Waals surface area contributed by atoms with Crippen LogP contribution in [0.25, 0.3) is 0 Å². The van der Waals surface area contributed by atoms with Crippen molar-refractivity contribution in [2.45, 2.75) is 57.8 Å². The molecule has 0 spiro atoms. The smallest absolute Gasteiger partial charge is 0.331 e. The van der Waals surface area contributed by atoms with E-state index in [0.717, 1.165) is 23.5 Å². The number of benzene rings is 2. The molecular formula is C25H30ClNO6S. The van der Waals surface area contributed by atoms with E-state index in [2.05, 4.69) is 5.16 Å². The monoisotopic (exact) mass is 507 g/mol. The summed E-state index contributed by atoms with van der Waals surface area (Å²) in [6, 6.07) is 8.83. The first kappa shape index (κ1) is 27.5. The van der Waals surface area contributed by atoms with Crippen molar-refractivity contribution in [3.63, 3.8) is 0 Å². The van der Waals surface area contributed by atoms with Gasteiger partial charge in [0.1, 0.15) is 11.5 Å². The number of ether oxygens (including phenoxy) is 1. The number of halogens is 1. The second-order valence-electron chi connectivity index (χ2n) is 7.55. The summed E-state index contributed by atoms with van der Waals surface area (Å²) in [6.45, 7) is 5.62. The zero-order chi connectivity index (χ0) is 25.1. The van der Waals surface area contributed by atoms with Crippen LogP contribution in [-0.4, -0.2) is 40.2 Å². The Labute approximate surface area is 209 Å². The molecule has 0 saturated carbocycles. The van der Waals surface area contributed by atoms with Crippen LogP contribution >= 0.6 is 23.4 Å². The number of aromatic hydroxyl groups is 1. The minimum atomic E-state index is -0.891. The normalized spacial score (nSPS) is 11.4. The molecule has 0 heterocycles. The number of oxime groups is 1. The number of rotatable bonds is 13. The standard InChI is InChI=1S/C25H30ClNO6S/c1-4-7-19-22(10-9-18(25(19)31)21(5-2)27-33-16(3)28)32-12-6-13-34-23-11-8-17(14-20(23)26)15-24(29)30/h8-11,14,31H,4-7,12-13,15H2,1-3H3,(H,29,30). The molecule has 0 aliphatic rings. The summed E-state index contributed by atoms with van der Waals surface area (Å²) in [4.78, 5) is 27.6. The molecule has 0 atom stereocenters. The number of hydrogen-bond acceptors (Lipinski definition) is 7. The van der Waals surface area contributed by atoms with Gasteiger partial charge in [-0.05, 0) is 49.1 Å². The minimum absolute atomic E-state index is 0.0560. The molecule has 0 bridgehead atoms. The predicted octanol–water partition coefficient (Wildman–Crippen LogP) is 5.86. The summed E-state index contributed by atoms with van der Waals surface area (Å²) in [7, 11) is 0. The molecule has 2 rings (SSSR count). The van der Waals surface area contributed by atoms with Crippen molar-refractivity contribution >= 4 is 41.0 Å². The van der Waals surface area contributed by atoms with Crippen LogP contribution in [0, 0.1) is 0 Å². The molecule has 2 aromatic carbocycles. The lowest BCUT2D eigenvalue weighted by Gasteiger charge is -2.16. The summed E-state index contributed by atoms with van der Waals surface area (Å²) in [5.74, 6) is 0.0642. The van der Waals surface area contributed by atoms with Crippen molar-refractivity contribution in [3.8, 4) is 11.5 Å². The summed E-state index contributed by atoms with van der Waals surface area (Å²) >= 11 is 7.85. The van der Waals surface area contributed by atoms with Gasteiger partial charge >= 0.3 is 11.9 Å². The van der Waals surface area contributed by atoms with Gasteiger partial charge in [0, 0.05) is 28.7 Å². The Kier molecular flexibility index (Phi) is 11.2. The number of carboxylic acids is 1. The van der Waals surface area contributed by atoms with E-state index in [-0.39, 0.29) is 12.2 Å². The fourth-order valence-electron chi connectivity index (χ4n) is 3.27. The van der Waals surface area contributed by atoms with Crippen molar-refractivity contribution in [2.24, 2.45) is 5.16 Å². The Hall–Kier alpha value is -2.71. The van der Waals surface area contributed by atoms with Gasteiger partial charge in [-0.1, -0.05) is 43.1 Å². The van der Waals surface area contributed by atoms with Gasteiger partial charge in [-0.2, -0.15) is 0 Å². The van der Waals surface area contributed by atoms with E-state index >= 15 is 0 Å². The zero-order valence-electron chi connectivity index (χ0n) is 19.6. The van der Waals surface area contributed by atoms with Crippen LogP contribution in [-0.2, 0) is 27.3 Å². The molecule has 0 unspecified atom stereocenters. The van der Waals surface area contributed by atoms with Crippen molar-refractivity contribution in [1.82, 2.24) is 0 Å². The quantitative estimate of drug-likeness (QED) is 0.115. The second kappa shape index (κ2) is 13.9. The Balaban J connectivity index is 2.00. The van der Waals surface area contributed by atoms with Crippen LogP contribution in [0.15, 0.2) is 40.4 Å². The van der Waals surface area contributed by atoms with Crippen LogP contribution in [0.1, 0.15) is 56.7 Å². The van der Waals surface area contributed by atoms with Gasteiger partial charge in [-0.3, -0.25) is 4.79 Å². The molecule has 0 saturated heterocycles. The number of carboxylic acid groups (broad SMARTS) is 1. The number of thioether (sulfide) groups is 1.